The summed E-state index contributed by atoms with van der Waals surface area (Å²) in [6, 6.07) is 8.38. The Morgan fingerprint density at radius 2 is 2.17 bits per heavy atom. The van der Waals surface area contributed by atoms with Crippen LogP contribution in [0.4, 0.5) is 0 Å². The van der Waals surface area contributed by atoms with Crippen molar-refractivity contribution < 1.29 is 0 Å². The van der Waals surface area contributed by atoms with E-state index in [0.29, 0.717) is 0 Å². The van der Waals surface area contributed by atoms with Gasteiger partial charge in [0.25, 0.3) is 0 Å². The third-order valence-corrected chi connectivity index (χ3v) is 3.49. The molecule has 1 fully saturated rings. The molecule has 3 heteroatoms. The zero-order valence-corrected chi connectivity index (χ0v) is 10.7. The van der Waals surface area contributed by atoms with E-state index in [9.17, 15) is 0 Å². The van der Waals surface area contributed by atoms with Crippen molar-refractivity contribution in [1.82, 2.24) is 15.3 Å². The summed E-state index contributed by atoms with van der Waals surface area (Å²) in [5, 5.41) is 3.45. The van der Waals surface area contributed by atoms with Crippen LogP contribution >= 0.6 is 0 Å². The Kier molecular flexibility index (Phi) is 3.15. The molecular weight excluding hydrogens is 222 g/mol. The van der Waals surface area contributed by atoms with Gasteiger partial charge in [-0.05, 0) is 37.8 Å². The smallest absolute Gasteiger partial charge is 0.120 e. The molecule has 3 rings (SSSR count). The van der Waals surface area contributed by atoms with Crippen molar-refractivity contribution in [2.24, 2.45) is 5.92 Å². The van der Waals surface area contributed by atoms with E-state index < -0.39 is 0 Å². The van der Waals surface area contributed by atoms with Crippen molar-refractivity contribution >= 4 is 0 Å². The van der Waals surface area contributed by atoms with Gasteiger partial charge in [-0.15, -0.1) is 0 Å². The van der Waals surface area contributed by atoms with Crippen LogP contribution in [0.1, 0.15) is 24.2 Å². The Morgan fingerprint density at radius 3 is 2.94 bits per heavy atom. The fourth-order valence-corrected chi connectivity index (χ4v) is 2.18. The summed E-state index contributed by atoms with van der Waals surface area (Å²) in [4.78, 5) is 7.82. The molecule has 0 atom stereocenters. The van der Waals surface area contributed by atoms with Gasteiger partial charge in [0, 0.05) is 5.56 Å². The number of aryl methyl sites for hydroxylation is 1. The number of rotatable bonds is 5. The van der Waals surface area contributed by atoms with Crippen LogP contribution in [0.3, 0.4) is 0 Å². The Bertz CT molecular complexity index is 526. The zero-order valence-electron chi connectivity index (χ0n) is 10.7. The monoisotopic (exact) mass is 241 g/mol. The van der Waals surface area contributed by atoms with Gasteiger partial charge in [0.15, 0.2) is 0 Å². The van der Waals surface area contributed by atoms with Crippen molar-refractivity contribution in [2.75, 3.05) is 6.54 Å². The molecule has 2 aromatic rings. The molecule has 1 heterocycles. The Balaban J connectivity index is 1.66. The second kappa shape index (κ2) is 4.94. The maximum Gasteiger partial charge on any atom is 0.120 e. The summed E-state index contributed by atoms with van der Waals surface area (Å²) < 4.78 is 0. The molecule has 0 bridgehead atoms. The first-order valence-electron chi connectivity index (χ1n) is 6.63. The zero-order chi connectivity index (χ0) is 12.4. The van der Waals surface area contributed by atoms with Crippen LogP contribution in [0.25, 0.3) is 11.3 Å². The van der Waals surface area contributed by atoms with Crippen molar-refractivity contribution in [3.8, 4) is 11.3 Å². The maximum absolute atomic E-state index is 4.43. The highest BCUT2D eigenvalue weighted by atomic mass is 15.0. The largest absolute Gasteiger partial charge is 0.341 e. The topological polar surface area (TPSA) is 40.7 Å². The van der Waals surface area contributed by atoms with Crippen LogP contribution in [-0.2, 0) is 6.54 Å². The second-order valence-electron chi connectivity index (χ2n) is 5.13. The number of aromatic nitrogens is 2. The molecule has 1 saturated carbocycles. The molecule has 2 N–H and O–H groups in total. The van der Waals surface area contributed by atoms with Gasteiger partial charge in [-0.2, -0.15) is 0 Å². The van der Waals surface area contributed by atoms with E-state index >= 15 is 0 Å². The fraction of sp³-hybridized carbons (Fsp3) is 0.400. The fourth-order valence-electron chi connectivity index (χ4n) is 2.18. The first-order chi connectivity index (χ1) is 8.83. The predicted molar refractivity (Wildman–Crippen MR) is 73.2 cm³/mol. The second-order valence-corrected chi connectivity index (χ2v) is 5.13. The highest BCUT2D eigenvalue weighted by Crippen LogP contribution is 2.27. The van der Waals surface area contributed by atoms with Gasteiger partial charge < -0.3 is 10.3 Å². The van der Waals surface area contributed by atoms with Gasteiger partial charge in [-0.3, -0.25) is 0 Å². The molecule has 0 amide bonds. The average molecular weight is 241 g/mol. The lowest BCUT2D eigenvalue weighted by Crippen LogP contribution is -2.16. The maximum atomic E-state index is 4.43. The van der Waals surface area contributed by atoms with Gasteiger partial charge in [0.2, 0.25) is 0 Å². The first kappa shape index (κ1) is 11.5. The van der Waals surface area contributed by atoms with E-state index in [0.717, 1.165) is 30.5 Å². The van der Waals surface area contributed by atoms with E-state index in [1.54, 1.807) is 0 Å². The van der Waals surface area contributed by atoms with Crippen LogP contribution < -0.4 is 5.32 Å². The third kappa shape index (κ3) is 2.62. The van der Waals surface area contributed by atoms with Crippen LogP contribution in [-0.4, -0.2) is 16.5 Å². The van der Waals surface area contributed by atoms with Crippen LogP contribution in [0, 0.1) is 12.8 Å². The highest BCUT2D eigenvalue weighted by Gasteiger charge is 2.20. The number of nitrogens with one attached hydrogen (secondary N) is 2. The van der Waals surface area contributed by atoms with Crippen LogP contribution in [0.2, 0.25) is 0 Å². The molecule has 0 saturated heterocycles. The van der Waals surface area contributed by atoms with Crippen molar-refractivity contribution in [3.05, 3.63) is 41.9 Å². The number of aromatic amines is 1. The van der Waals surface area contributed by atoms with Crippen molar-refractivity contribution in [3.63, 3.8) is 0 Å². The Hall–Kier alpha value is -1.61. The van der Waals surface area contributed by atoms with Crippen molar-refractivity contribution in [2.45, 2.75) is 26.3 Å². The number of benzene rings is 1. The number of hydrogen-bond donors (Lipinski definition) is 2. The molecule has 1 aliphatic carbocycles. The highest BCUT2D eigenvalue weighted by molar-refractivity contribution is 5.62. The SMILES string of the molecule is Cc1ccccc1-c1cnc(CNCC2CC2)[nH]1. The molecule has 0 unspecified atom stereocenters. The summed E-state index contributed by atoms with van der Waals surface area (Å²) in [6.07, 6.45) is 4.70. The molecule has 18 heavy (non-hydrogen) atoms. The minimum absolute atomic E-state index is 0.836. The van der Waals surface area contributed by atoms with Crippen LogP contribution in [0.15, 0.2) is 30.5 Å². The molecule has 0 spiro atoms. The Morgan fingerprint density at radius 1 is 1.33 bits per heavy atom. The van der Waals surface area contributed by atoms with E-state index in [1.807, 2.05) is 6.20 Å². The lowest BCUT2D eigenvalue weighted by atomic mass is 10.1. The molecule has 1 aromatic carbocycles. The lowest BCUT2D eigenvalue weighted by Gasteiger charge is -2.02. The summed E-state index contributed by atoms with van der Waals surface area (Å²) in [5.41, 5.74) is 3.62. The summed E-state index contributed by atoms with van der Waals surface area (Å²) in [5.74, 6) is 1.93. The van der Waals surface area contributed by atoms with Gasteiger partial charge in [0.05, 0.1) is 18.4 Å². The average Bonchev–Trinajstić information content (AvgIpc) is 3.08. The predicted octanol–water partition coefficient (Wildman–Crippen LogP) is 2.88. The lowest BCUT2D eigenvalue weighted by molar-refractivity contribution is 0.623. The number of H-pyrrole nitrogens is 1. The van der Waals surface area contributed by atoms with E-state index in [1.165, 1.54) is 24.0 Å². The van der Waals surface area contributed by atoms with Gasteiger partial charge in [-0.1, -0.05) is 24.3 Å². The summed E-state index contributed by atoms with van der Waals surface area (Å²) >= 11 is 0. The molecule has 1 aromatic heterocycles. The molecule has 1 aliphatic rings. The van der Waals surface area contributed by atoms with Crippen LogP contribution in [0.5, 0.6) is 0 Å². The number of imidazole rings is 1. The molecule has 0 aliphatic heterocycles. The molecule has 0 radical (unpaired) electrons. The van der Waals surface area contributed by atoms with Gasteiger partial charge in [0.1, 0.15) is 5.82 Å². The van der Waals surface area contributed by atoms with Crippen molar-refractivity contribution in [1.29, 1.82) is 0 Å². The quantitative estimate of drug-likeness (QED) is 0.845. The molecule has 3 nitrogen and oxygen atoms in total. The van der Waals surface area contributed by atoms with Gasteiger partial charge >= 0.3 is 0 Å². The first-order valence-corrected chi connectivity index (χ1v) is 6.63. The molecule has 94 valence electrons. The van der Waals surface area contributed by atoms with E-state index in [-0.39, 0.29) is 0 Å². The minimum atomic E-state index is 0.836. The van der Waals surface area contributed by atoms with Gasteiger partial charge in [-0.25, -0.2) is 4.98 Å². The van der Waals surface area contributed by atoms with E-state index in [4.69, 9.17) is 0 Å². The Labute approximate surface area is 108 Å². The summed E-state index contributed by atoms with van der Waals surface area (Å²) in [6.45, 7) is 4.09. The third-order valence-electron chi connectivity index (χ3n) is 3.49. The van der Waals surface area contributed by atoms with E-state index in [2.05, 4.69) is 46.5 Å². The molecular formula is C15H19N3. The normalized spacial score (nSPS) is 14.9. The number of hydrogen-bond acceptors (Lipinski definition) is 2. The standard InChI is InChI=1S/C15H19N3/c1-11-4-2-3-5-13(11)14-9-17-15(18-14)10-16-8-12-6-7-12/h2-5,9,12,16H,6-8,10H2,1H3,(H,17,18). The number of nitrogens with zero attached hydrogens (tertiary/aromatic N) is 1. The minimum Gasteiger partial charge on any atom is -0.341 e. The summed E-state index contributed by atoms with van der Waals surface area (Å²) in [7, 11) is 0.